The molecule has 0 aromatic heterocycles. The van der Waals surface area contributed by atoms with E-state index in [1.54, 1.807) is 0 Å². The summed E-state index contributed by atoms with van der Waals surface area (Å²) in [6, 6.07) is 40.7. The average molecular weight is 556 g/mol. The molecule has 43 heavy (non-hydrogen) atoms. The molecule has 6 aromatic rings. The van der Waals surface area contributed by atoms with E-state index in [2.05, 4.69) is 115 Å². The maximum atomic E-state index is 7.38. The van der Waals surface area contributed by atoms with Crippen molar-refractivity contribution in [1.82, 2.24) is 0 Å². The van der Waals surface area contributed by atoms with E-state index >= 15 is 0 Å². The van der Waals surface area contributed by atoms with Crippen LogP contribution in [0.2, 0.25) is 0 Å². The Morgan fingerprint density at radius 3 is 1.77 bits per heavy atom. The molecule has 0 atom stereocenters. The van der Waals surface area contributed by atoms with E-state index in [9.17, 15) is 0 Å². The first-order valence-corrected chi connectivity index (χ1v) is 15.6. The van der Waals surface area contributed by atoms with Crippen molar-refractivity contribution in [3.8, 4) is 22.3 Å². The molecule has 0 radical (unpaired) electrons. The topological polar surface area (TPSA) is 23.9 Å². The van der Waals surface area contributed by atoms with Crippen molar-refractivity contribution in [2.24, 2.45) is 0 Å². The highest BCUT2D eigenvalue weighted by atomic mass is 14.3. The number of allylic oxidation sites excluding steroid dienone is 3. The molecule has 0 amide bonds. The third-order valence-electron chi connectivity index (χ3n) is 9.28. The molecule has 0 bridgehead atoms. The predicted molar refractivity (Wildman–Crippen MR) is 187 cm³/mol. The van der Waals surface area contributed by atoms with Crippen LogP contribution >= 0.6 is 0 Å². The summed E-state index contributed by atoms with van der Waals surface area (Å²) < 4.78 is 0. The minimum Gasteiger partial charge on any atom is -0.308 e. The van der Waals surface area contributed by atoms with Gasteiger partial charge in [0.05, 0.1) is 0 Å². The fourth-order valence-electron chi connectivity index (χ4n) is 7.16. The molecule has 1 aliphatic rings. The van der Waals surface area contributed by atoms with Gasteiger partial charge < -0.3 is 5.41 Å². The molecule has 0 heterocycles. The number of benzene rings is 6. The molecule has 1 heteroatoms. The quantitative estimate of drug-likeness (QED) is 0.120. The van der Waals surface area contributed by atoms with Crippen LogP contribution < -0.4 is 0 Å². The first kappa shape index (κ1) is 27.1. The first-order valence-electron chi connectivity index (χ1n) is 15.6. The van der Waals surface area contributed by atoms with Crippen molar-refractivity contribution < 1.29 is 0 Å². The minimum absolute atomic E-state index is 0.664. The third kappa shape index (κ3) is 5.10. The summed E-state index contributed by atoms with van der Waals surface area (Å²) in [5.41, 5.74) is 8.77. The molecule has 1 aliphatic carbocycles. The van der Waals surface area contributed by atoms with Gasteiger partial charge in [-0.3, -0.25) is 0 Å². The Labute approximate surface area is 254 Å². The van der Waals surface area contributed by atoms with Crippen LogP contribution in [-0.4, -0.2) is 6.21 Å². The number of fused-ring (bicyclic) bond motifs is 3. The minimum atomic E-state index is 0.664. The normalized spacial score (nSPS) is 14.7. The summed E-state index contributed by atoms with van der Waals surface area (Å²) in [6.07, 6.45) is 14.1. The second kappa shape index (κ2) is 11.9. The van der Waals surface area contributed by atoms with E-state index in [4.69, 9.17) is 5.41 Å². The van der Waals surface area contributed by atoms with Crippen molar-refractivity contribution in [3.63, 3.8) is 0 Å². The Balaban J connectivity index is 1.43. The molecule has 0 saturated heterocycles. The molecule has 7 rings (SSSR count). The van der Waals surface area contributed by atoms with E-state index in [0.29, 0.717) is 5.92 Å². The van der Waals surface area contributed by atoms with Crippen LogP contribution in [0, 0.1) is 5.41 Å². The van der Waals surface area contributed by atoms with Gasteiger partial charge >= 0.3 is 0 Å². The van der Waals surface area contributed by atoms with Crippen LogP contribution in [0.1, 0.15) is 56.1 Å². The second-order valence-electron chi connectivity index (χ2n) is 12.0. The highest BCUT2D eigenvalue weighted by Gasteiger charge is 2.21. The summed E-state index contributed by atoms with van der Waals surface area (Å²) in [5, 5.41) is 15.3. The van der Waals surface area contributed by atoms with Crippen LogP contribution in [0.4, 0.5) is 0 Å². The van der Waals surface area contributed by atoms with E-state index < -0.39 is 0 Å². The summed E-state index contributed by atoms with van der Waals surface area (Å²) in [4.78, 5) is 0. The lowest BCUT2D eigenvalue weighted by molar-refractivity contribution is 0.445. The Kier molecular flexibility index (Phi) is 7.47. The number of hydrogen-bond acceptors (Lipinski definition) is 1. The summed E-state index contributed by atoms with van der Waals surface area (Å²) >= 11 is 0. The fourth-order valence-corrected chi connectivity index (χ4v) is 7.16. The van der Waals surface area contributed by atoms with Gasteiger partial charge in [0, 0.05) is 6.21 Å². The van der Waals surface area contributed by atoms with Gasteiger partial charge in [0.15, 0.2) is 0 Å². The maximum Gasteiger partial charge on any atom is 0.0207 e. The van der Waals surface area contributed by atoms with Crippen LogP contribution in [0.3, 0.4) is 0 Å². The lowest BCUT2D eigenvalue weighted by Crippen LogP contribution is -2.05. The smallest absolute Gasteiger partial charge is 0.0207 e. The molecule has 1 saturated carbocycles. The van der Waals surface area contributed by atoms with Gasteiger partial charge in [0.1, 0.15) is 0 Å². The van der Waals surface area contributed by atoms with Crippen molar-refractivity contribution in [2.75, 3.05) is 0 Å². The van der Waals surface area contributed by atoms with E-state index in [1.807, 2.05) is 19.1 Å². The predicted octanol–water partition coefficient (Wildman–Crippen LogP) is 12.1. The Bertz CT molecular complexity index is 1960. The SMILES string of the molecule is C/C(C=N)=C/C=C/c1ccc(-c2c3ccccc3c(-c3ccc(C4CCCCC4)c4ccccc34)c3ccccc23)cc1. The molecule has 0 unspecified atom stereocenters. The van der Waals surface area contributed by atoms with Gasteiger partial charge in [-0.2, -0.15) is 0 Å². The van der Waals surface area contributed by atoms with Gasteiger partial charge in [0.25, 0.3) is 0 Å². The lowest BCUT2D eigenvalue weighted by Gasteiger charge is -2.25. The van der Waals surface area contributed by atoms with E-state index in [0.717, 1.165) is 11.1 Å². The van der Waals surface area contributed by atoms with Crippen LogP contribution in [0.15, 0.2) is 127 Å². The fraction of sp³-hybridized carbons (Fsp3) is 0.167. The molecule has 0 aliphatic heterocycles. The molecular formula is C42H37N. The zero-order chi connectivity index (χ0) is 29.2. The van der Waals surface area contributed by atoms with Crippen molar-refractivity contribution in [3.05, 3.63) is 138 Å². The number of rotatable bonds is 6. The van der Waals surface area contributed by atoms with Gasteiger partial charge in [-0.05, 0) is 97.0 Å². The van der Waals surface area contributed by atoms with Gasteiger partial charge in [-0.25, -0.2) is 0 Å². The van der Waals surface area contributed by atoms with Crippen LogP contribution in [-0.2, 0) is 0 Å². The largest absolute Gasteiger partial charge is 0.308 e. The summed E-state index contributed by atoms with van der Waals surface area (Å²) in [5.74, 6) is 0.664. The summed E-state index contributed by atoms with van der Waals surface area (Å²) in [6.45, 7) is 1.94. The average Bonchev–Trinajstić information content (AvgIpc) is 3.07. The Morgan fingerprint density at radius 1 is 0.605 bits per heavy atom. The second-order valence-corrected chi connectivity index (χ2v) is 12.0. The molecule has 1 fully saturated rings. The zero-order valence-electron chi connectivity index (χ0n) is 24.8. The lowest BCUT2D eigenvalue weighted by atomic mass is 9.79. The highest BCUT2D eigenvalue weighted by Crippen LogP contribution is 2.46. The monoisotopic (exact) mass is 555 g/mol. The Hall–Kier alpha value is -4.75. The molecule has 1 N–H and O–H groups in total. The first-order chi connectivity index (χ1) is 21.2. The van der Waals surface area contributed by atoms with Crippen LogP contribution in [0.5, 0.6) is 0 Å². The van der Waals surface area contributed by atoms with Crippen molar-refractivity contribution >= 4 is 44.6 Å². The summed E-state index contributed by atoms with van der Waals surface area (Å²) in [7, 11) is 0. The highest BCUT2D eigenvalue weighted by molar-refractivity contribution is 6.23. The molecule has 210 valence electrons. The van der Waals surface area contributed by atoms with E-state index in [1.165, 1.54) is 98.5 Å². The van der Waals surface area contributed by atoms with Crippen LogP contribution in [0.25, 0.3) is 60.6 Å². The number of nitrogens with one attached hydrogen (secondary N) is 1. The molecule has 1 nitrogen and oxygen atoms in total. The zero-order valence-corrected chi connectivity index (χ0v) is 24.8. The Morgan fingerprint density at radius 2 is 1.16 bits per heavy atom. The number of hydrogen-bond donors (Lipinski definition) is 1. The van der Waals surface area contributed by atoms with E-state index in [-0.39, 0.29) is 0 Å². The standard InChI is InChI=1S/C42H37N/c1-29(28-43)12-11-13-30-22-24-32(25-23-30)41-36-18-7-9-20-38(36)42(39-21-10-8-19-37(39)41)40-27-26-33(31-14-3-2-4-15-31)34-16-5-6-17-35(34)40/h5-13,16-28,31,43H,2-4,14-15H2,1H3/b13-11+,29-12-,43-28?. The molecule has 6 aromatic carbocycles. The van der Waals surface area contributed by atoms with Crippen molar-refractivity contribution in [1.29, 1.82) is 5.41 Å². The maximum absolute atomic E-state index is 7.38. The van der Waals surface area contributed by atoms with Gasteiger partial charge in [0.2, 0.25) is 0 Å². The third-order valence-corrected chi connectivity index (χ3v) is 9.28. The molecular weight excluding hydrogens is 518 g/mol. The van der Waals surface area contributed by atoms with Gasteiger partial charge in [-0.15, -0.1) is 0 Å². The molecule has 0 spiro atoms. The van der Waals surface area contributed by atoms with Crippen molar-refractivity contribution in [2.45, 2.75) is 44.9 Å². The van der Waals surface area contributed by atoms with Gasteiger partial charge in [-0.1, -0.05) is 147 Å².